The molecule has 0 saturated carbocycles. The third-order valence-corrected chi connectivity index (χ3v) is 3.32. The monoisotopic (exact) mass is 271 g/mol. The fourth-order valence-corrected chi connectivity index (χ4v) is 2.26. The molecule has 2 aromatic rings. The van der Waals surface area contributed by atoms with Gasteiger partial charge in [0.25, 0.3) is 0 Å². The maximum absolute atomic E-state index is 10.2. The summed E-state index contributed by atoms with van der Waals surface area (Å²) in [4.78, 5) is 8.35. The summed E-state index contributed by atoms with van der Waals surface area (Å²) in [6.07, 6.45) is 5.33. The van der Waals surface area contributed by atoms with Crippen LogP contribution in [0.15, 0.2) is 48.9 Å². The van der Waals surface area contributed by atoms with E-state index in [4.69, 9.17) is 0 Å². The molecule has 0 aliphatic carbocycles. The van der Waals surface area contributed by atoms with Crippen LogP contribution in [0.5, 0.6) is 0 Å². The highest BCUT2D eigenvalue weighted by molar-refractivity contribution is 5.17. The second kappa shape index (κ2) is 7.12. The van der Waals surface area contributed by atoms with E-state index in [1.807, 2.05) is 30.3 Å². The van der Waals surface area contributed by atoms with Crippen LogP contribution in [0.25, 0.3) is 0 Å². The Labute approximate surface area is 119 Å². The molecule has 0 amide bonds. The molecule has 4 heteroatoms. The van der Waals surface area contributed by atoms with Crippen molar-refractivity contribution in [3.63, 3.8) is 0 Å². The maximum atomic E-state index is 10.2. The van der Waals surface area contributed by atoms with Crippen molar-refractivity contribution in [2.45, 2.75) is 38.5 Å². The third-order valence-electron chi connectivity index (χ3n) is 3.32. The first-order valence-corrected chi connectivity index (χ1v) is 6.91. The second-order valence-corrected chi connectivity index (χ2v) is 5.08. The van der Waals surface area contributed by atoms with Crippen LogP contribution < -0.4 is 5.32 Å². The minimum absolute atomic E-state index is 0.113. The molecule has 0 aliphatic rings. The number of aliphatic hydroxyl groups is 1. The summed E-state index contributed by atoms with van der Waals surface area (Å²) in [5.41, 5.74) is 1.86. The summed E-state index contributed by atoms with van der Waals surface area (Å²) < 4.78 is 0. The number of nitrogens with zero attached hydrogens (tertiary/aromatic N) is 2. The van der Waals surface area contributed by atoms with E-state index < -0.39 is 6.10 Å². The first-order chi connectivity index (χ1) is 9.66. The van der Waals surface area contributed by atoms with Gasteiger partial charge in [0.1, 0.15) is 0 Å². The lowest BCUT2D eigenvalue weighted by Gasteiger charge is -2.22. The molecule has 3 atom stereocenters. The van der Waals surface area contributed by atoms with E-state index in [-0.39, 0.29) is 12.1 Å². The molecule has 2 rings (SSSR count). The van der Waals surface area contributed by atoms with Gasteiger partial charge in [-0.05, 0) is 25.8 Å². The van der Waals surface area contributed by atoms with Gasteiger partial charge in [0.05, 0.1) is 11.8 Å². The first kappa shape index (κ1) is 14.6. The highest BCUT2D eigenvalue weighted by Crippen LogP contribution is 2.19. The van der Waals surface area contributed by atoms with E-state index in [1.54, 1.807) is 18.6 Å². The summed E-state index contributed by atoms with van der Waals surface area (Å²) in [6.45, 7) is 4.12. The molecule has 20 heavy (non-hydrogen) atoms. The molecule has 1 aromatic heterocycles. The van der Waals surface area contributed by atoms with Gasteiger partial charge in [-0.15, -0.1) is 0 Å². The standard InChI is InChI=1S/C16H21N3O/c1-12(10-16(20)14-6-4-3-5-7-14)19-13(2)15-11-17-8-9-18-15/h3-9,11-13,16,19-20H,10H2,1-2H3. The summed E-state index contributed by atoms with van der Waals surface area (Å²) in [7, 11) is 0. The number of benzene rings is 1. The Balaban J connectivity index is 1.88. The van der Waals surface area contributed by atoms with E-state index >= 15 is 0 Å². The lowest BCUT2D eigenvalue weighted by molar-refractivity contribution is 0.152. The number of hydrogen-bond donors (Lipinski definition) is 2. The fraction of sp³-hybridized carbons (Fsp3) is 0.375. The lowest BCUT2D eigenvalue weighted by Crippen LogP contribution is -2.31. The van der Waals surface area contributed by atoms with Crippen LogP contribution in [-0.4, -0.2) is 21.1 Å². The van der Waals surface area contributed by atoms with Gasteiger partial charge < -0.3 is 10.4 Å². The Bertz CT molecular complexity index is 456. The molecular formula is C16H21N3O. The molecule has 4 nitrogen and oxygen atoms in total. The van der Waals surface area contributed by atoms with Gasteiger partial charge >= 0.3 is 0 Å². The number of aromatic nitrogens is 2. The number of aliphatic hydroxyl groups excluding tert-OH is 1. The summed E-state index contributed by atoms with van der Waals surface area (Å²) in [5.74, 6) is 0. The van der Waals surface area contributed by atoms with Crippen LogP contribution in [0.3, 0.4) is 0 Å². The first-order valence-electron chi connectivity index (χ1n) is 6.91. The maximum Gasteiger partial charge on any atom is 0.0804 e. The fourth-order valence-electron chi connectivity index (χ4n) is 2.26. The van der Waals surface area contributed by atoms with Crippen molar-refractivity contribution in [1.29, 1.82) is 0 Å². The lowest BCUT2D eigenvalue weighted by atomic mass is 10.0. The van der Waals surface area contributed by atoms with Crippen LogP contribution in [0, 0.1) is 0 Å². The zero-order chi connectivity index (χ0) is 14.4. The number of nitrogens with one attached hydrogen (secondary N) is 1. The molecule has 1 heterocycles. The van der Waals surface area contributed by atoms with E-state index in [1.165, 1.54) is 0 Å². The summed E-state index contributed by atoms with van der Waals surface area (Å²) in [6, 6.07) is 10.0. The van der Waals surface area contributed by atoms with Crippen molar-refractivity contribution in [3.05, 3.63) is 60.2 Å². The minimum Gasteiger partial charge on any atom is -0.388 e. The van der Waals surface area contributed by atoms with Gasteiger partial charge in [0.15, 0.2) is 0 Å². The Morgan fingerprint density at radius 3 is 2.55 bits per heavy atom. The quantitative estimate of drug-likeness (QED) is 0.848. The Kier molecular flexibility index (Phi) is 5.21. The van der Waals surface area contributed by atoms with Gasteiger partial charge in [-0.2, -0.15) is 0 Å². The summed E-state index contributed by atoms with van der Waals surface area (Å²) in [5, 5.41) is 13.6. The van der Waals surface area contributed by atoms with Crippen molar-refractivity contribution in [3.8, 4) is 0 Å². The second-order valence-electron chi connectivity index (χ2n) is 5.08. The summed E-state index contributed by atoms with van der Waals surface area (Å²) >= 11 is 0. The van der Waals surface area contributed by atoms with Crippen LogP contribution in [-0.2, 0) is 0 Å². The zero-order valence-electron chi connectivity index (χ0n) is 11.9. The zero-order valence-corrected chi connectivity index (χ0v) is 11.9. The van der Waals surface area contributed by atoms with Crippen LogP contribution in [0.1, 0.15) is 43.7 Å². The Hall–Kier alpha value is -1.78. The van der Waals surface area contributed by atoms with E-state index in [0.29, 0.717) is 6.42 Å². The highest BCUT2D eigenvalue weighted by Gasteiger charge is 2.15. The topological polar surface area (TPSA) is 58.0 Å². The molecule has 0 saturated heterocycles. The smallest absolute Gasteiger partial charge is 0.0804 e. The van der Waals surface area contributed by atoms with Gasteiger partial charge in [-0.1, -0.05) is 30.3 Å². The predicted octanol–water partition coefficient (Wildman–Crippen LogP) is 2.64. The van der Waals surface area contributed by atoms with Gasteiger partial charge in [-0.25, -0.2) is 0 Å². The van der Waals surface area contributed by atoms with Crippen LogP contribution >= 0.6 is 0 Å². The van der Waals surface area contributed by atoms with Gasteiger partial charge in [-0.3, -0.25) is 9.97 Å². The molecule has 1 aromatic carbocycles. The number of rotatable bonds is 6. The van der Waals surface area contributed by atoms with Crippen LogP contribution in [0.4, 0.5) is 0 Å². The molecule has 3 unspecified atom stereocenters. The third kappa shape index (κ3) is 4.11. The molecule has 0 spiro atoms. The van der Waals surface area contributed by atoms with E-state index in [0.717, 1.165) is 11.3 Å². The van der Waals surface area contributed by atoms with Gasteiger partial charge in [0, 0.05) is 30.7 Å². The number of hydrogen-bond acceptors (Lipinski definition) is 4. The van der Waals surface area contributed by atoms with Crippen molar-refractivity contribution in [2.75, 3.05) is 0 Å². The van der Waals surface area contributed by atoms with Crippen molar-refractivity contribution in [2.24, 2.45) is 0 Å². The minimum atomic E-state index is -0.451. The molecule has 0 bridgehead atoms. The van der Waals surface area contributed by atoms with Crippen molar-refractivity contribution in [1.82, 2.24) is 15.3 Å². The van der Waals surface area contributed by atoms with Gasteiger partial charge in [0.2, 0.25) is 0 Å². The van der Waals surface area contributed by atoms with Crippen molar-refractivity contribution < 1.29 is 5.11 Å². The Morgan fingerprint density at radius 2 is 1.90 bits per heavy atom. The van der Waals surface area contributed by atoms with Crippen LogP contribution in [0.2, 0.25) is 0 Å². The Morgan fingerprint density at radius 1 is 1.15 bits per heavy atom. The predicted molar refractivity (Wildman–Crippen MR) is 79.1 cm³/mol. The van der Waals surface area contributed by atoms with E-state index in [9.17, 15) is 5.11 Å². The molecule has 0 aliphatic heterocycles. The SMILES string of the molecule is CC(CC(O)c1ccccc1)NC(C)c1cnccn1. The highest BCUT2D eigenvalue weighted by atomic mass is 16.3. The molecule has 106 valence electrons. The average molecular weight is 271 g/mol. The normalized spacial score (nSPS) is 15.6. The molecule has 2 N–H and O–H groups in total. The molecular weight excluding hydrogens is 250 g/mol. The largest absolute Gasteiger partial charge is 0.388 e. The average Bonchev–Trinajstić information content (AvgIpc) is 2.49. The van der Waals surface area contributed by atoms with E-state index in [2.05, 4.69) is 29.1 Å². The van der Waals surface area contributed by atoms with Crippen molar-refractivity contribution >= 4 is 0 Å². The molecule has 0 fully saturated rings. The molecule has 0 radical (unpaired) electrons.